The number of nitrogens with zero attached hydrogens (tertiary/aromatic N) is 2. The van der Waals surface area contributed by atoms with Crippen LogP contribution in [-0.2, 0) is 6.54 Å². The number of methoxy groups -OCH3 is 1. The van der Waals surface area contributed by atoms with Crippen LogP contribution in [0.15, 0.2) is 18.3 Å². The lowest BCUT2D eigenvalue weighted by Gasteiger charge is -2.23. The number of pyridine rings is 1. The van der Waals surface area contributed by atoms with Gasteiger partial charge < -0.3 is 15.0 Å². The van der Waals surface area contributed by atoms with Crippen LogP contribution in [-0.4, -0.2) is 42.7 Å². The molecule has 102 valence electrons. The minimum Gasteiger partial charge on any atom is -0.481 e. The normalized spacial score (nSPS) is 11.9. The molecule has 0 unspecified atom stereocenters. The van der Waals surface area contributed by atoms with Gasteiger partial charge in [-0.3, -0.25) is 0 Å². The number of hydrogen-bond donors (Lipinski definition) is 1. The maximum atomic E-state index is 5.25. The second-order valence-corrected chi connectivity index (χ2v) is 5.59. The van der Waals surface area contributed by atoms with Gasteiger partial charge in [0.25, 0.3) is 0 Å². The fourth-order valence-electron chi connectivity index (χ4n) is 1.72. The summed E-state index contributed by atoms with van der Waals surface area (Å²) in [6.45, 7) is 9.35. The molecule has 0 radical (unpaired) electrons. The quantitative estimate of drug-likeness (QED) is 0.838. The zero-order valence-corrected chi connectivity index (χ0v) is 12.2. The molecule has 18 heavy (non-hydrogen) atoms. The van der Waals surface area contributed by atoms with Crippen molar-refractivity contribution in [2.45, 2.75) is 32.9 Å². The molecule has 0 aliphatic heterocycles. The lowest BCUT2D eigenvalue weighted by atomic mass is 10.1. The van der Waals surface area contributed by atoms with E-state index in [1.54, 1.807) is 13.3 Å². The van der Waals surface area contributed by atoms with Gasteiger partial charge in [0, 0.05) is 36.9 Å². The average Bonchev–Trinajstić information content (AvgIpc) is 2.28. The van der Waals surface area contributed by atoms with Gasteiger partial charge in [0.2, 0.25) is 5.88 Å². The zero-order valence-electron chi connectivity index (χ0n) is 12.2. The molecule has 0 bridgehead atoms. The summed E-state index contributed by atoms with van der Waals surface area (Å²) in [7, 11) is 3.77. The van der Waals surface area contributed by atoms with Crippen LogP contribution in [0.3, 0.4) is 0 Å². The van der Waals surface area contributed by atoms with E-state index in [1.807, 2.05) is 6.07 Å². The molecule has 1 aromatic heterocycles. The largest absolute Gasteiger partial charge is 0.481 e. The van der Waals surface area contributed by atoms with E-state index in [0.29, 0.717) is 5.88 Å². The van der Waals surface area contributed by atoms with Crippen molar-refractivity contribution >= 4 is 0 Å². The summed E-state index contributed by atoms with van der Waals surface area (Å²) in [5.41, 5.74) is 1.30. The highest BCUT2D eigenvalue weighted by molar-refractivity contribution is 5.25. The average molecular weight is 251 g/mol. The molecule has 1 N–H and O–H groups in total. The SMILES string of the molecule is COc1ncccc1CN(C)CCNC(C)(C)C. The van der Waals surface area contributed by atoms with E-state index in [-0.39, 0.29) is 5.54 Å². The lowest BCUT2D eigenvalue weighted by molar-refractivity contribution is 0.295. The van der Waals surface area contributed by atoms with E-state index in [2.05, 4.69) is 49.1 Å². The van der Waals surface area contributed by atoms with E-state index >= 15 is 0 Å². The first-order valence-electron chi connectivity index (χ1n) is 6.34. The second kappa shape index (κ2) is 6.71. The molecule has 1 rings (SSSR count). The van der Waals surface area contributed by atoms with Crippen molar-refractivity contribution in [1.29, 1.82) is 0 Å². The van der Waals surface area contributed by atoms with E-state index in [0.717, 1.165) is 25.2 Å². The molecule has 4 heteroatoms. The van der Waals surface area contributed by atoms with Crippen LogP contribution >= 0.6 is 0 Å². The summed E-state index contributed by atoms with van der Waals surface area (Å²) >= 11 is 0. The Morgan fingerprint density at radius 1 is 1.39 bits per heavy atom. The van der Waals surface area contributed by atoms with Gasteiger partial charge in [-0.25, -0.2) is 4.98 Å². The molecule has 0 aromatic carbocycles. The van der Waals surface area contributed by atoms with Crippen molar-refractivity contribution in [3.63, 3.8) is 0 Å². The van der Waals surface area contributed by atoms with Crippen molar-refractivity contribution in [2.75, 3.05) is 27.2 Å². The summed E-state index contributed by atoms with van der Waals surface area (Å²) in [6.07, 6.45) is 1.75. The molecule has 0 saturated carbocycles. The summed E-state index contributed by atoms with van der Waals surface area (Å²) in [5.74, 6) is 0.716. The van der Waals surface area contributed by atoms with Gasteiger partial charge in [-0.1, -0.05) is 6.07 Å². The maximum absolute atomic E-state index is 5.25. The molecule has 0 saturated heterocycles. The highest BCUT2D eigenvalue weighted by atomic mass is 16.5. The molecule has 0 atom stereocenters. The first kappa shape index (κ1) is 14.9. The van der Waals surface area contributed by atoms with Gasteiger partial charge >= 0.3 is 0 Å². The first-order chi connectivity index (χ1) is 8.42. The minimum atomic E-state index is 0.173. The van der Waals surface area contributed by atoms with Crippen LogP contribution in [0.25, 0.3) is 0 Å². The van der Waals surface area contributed by atoms with Crippen molar-refractivity contribution in [1.82, 2.24) is 15.2 Å². The van der Waals surface area contributed by atoms with Crippen LogP contribution in [0, 0.1) is 0 Å². The Morgan fingerprint density at radius 3 is 2.72 bits per heavy atom. The Labute approximate surface area is 110 Å². The van der Waals surface area contributed by atoms with Crippen LogP contribution < -0.4 is 10.1 Å². The van der Waals surface area contributed by atoms with E-state index in [4.69, 9.17) is 4.74 Å². The molecule has 4 nitrogen and oxygen atoms in total. The number of ether oxygens (including phenoxy) is 1. The van der Waals surface area contributed by atoms with E-state index in [1.165, 1.54) is 0 Å². The van der Waals surface area contributed by atoms with Crippen LogP contribution in [0.5, 0.6) is 5.88 Å². The third-order valence-electron chi connectivity index (χ3n) is 2.63. The highest BCUT2D eigenvalue weighted by Gasteiger charge is 2.10. The molecular formula is C14H25N3O. The molecule has 0 amide bonds. The number of hydrogen-bond acceptors (Lipinski definition) is 4. The third kappa shape index (κ3) is 5.47. The van der Waals surface area contributed by atoms with Crippen molar-refractivity contribution < 1.29 is 4.74 Å². The van der Waals surface area contributed by atoms with Crippen LogP contribution in [0.1, 0.15) is 26.3 Å². The van der Waals surface area contributed by atoms with Crippen LogP contribution in [0.4, 0.5) is 0 Å². The Kier molecular flexibility index (Phi) is 5.56. The predicted molar refractivity (Wildman–Crippen MR) is 74.9 cm³/mol. The topological polar surface area (TPSA) is 37.4 Å². The fourth-order valence-corrected chi connectivity index (χ4v) is 1.72. The van der Waals surface area contributed by atoms with E-state index in [9.17, 15) is 0 Å². The number of aromatic nitrogens is 1. The Bertz CT molecular complexity index is 360. The van der Waals surface area contributed by atoms with Gasteiger partial charge in [0.15, 0.2) is 0 Å². The standard InChI is InChI=1S/C14H25N3O/c1-14(2,3)16-9-10-17(4)11-12-7-6-8-15-13(12)18-5/h6-8,16H,9-11H2,1-5H3. The number of nitrogens with one attached hydrogen (secondary N) is 1. The monoisotopic (exact) mass is 251 g/mol. The van der Waals surface area contributed by atoms with Gasteiger partial charge in [0.1, 0.15) is 0 Å². The van der Waals surface area contributed by atoms with Crippen LogP contribution in [0.2, 0.25) is 0 Å². The van der Waals surface area contributed by atoms with Crippen molar-refractivity contribution in [3.8, 4) is 5.88 Å². The summed E-state index contributed by atoms with van der Waals surface area (Å²) in [4.78, 5) is 6.47. The lowest BCUT2D eigenvalue weighted by Crippen LogP contribution is -2.40. The van der Waals surface area contributed by atoms with E-state index < -0.39 is 0 Å². The Morgan fingerprint density at radius 2 is 2.11 bits per heavy atom. The molecule has 0 spiro atoms. The maximum Gasteiger partial charge on any atom is 0.217 e. The molecule has 0 fully saturated rings. The molecule has 1 aromatic rings. The summed E-state index contributed by atoms with van der Waals surface area (Å²) in [5, 5.41) is 3.48. The number of rotatable bonds is 6. The summed E-state index contributed by atoms with van der Waals surface area (Å²) < 4.78 is 5.25. The van der Waals surface area contributed by atoms with Gasteiger partial charge in [-0.05, 0) is 33.9 Å². The number of likely N-dealkylation sites (N-methyl/N-ethyl adjacent to an activating group) is 1. The molecule has 1 heterocycles. The first-order valence-corrected chi connectivity index (χ1v) is 6.34. The van der Waals surface area contributed by atoms with Gasteiger partial charge in [-0.15, -0.1) is 0 Å². The zero-order chi connectivity index (χ0) is 13.6. The molecule has 0 aliphatic carbocycles. The fraction of sp³-hybridized carbons (Fsp3) is 0.643. The molecule has 0 aliphatic rings. The van der Waals surface area contributed by atoms with Crippen molar-refractivity contribution in [2.24, 2.45) is 0 Å². The highest BCUT2D eigenvalue weighted by Crippen LogP contribution is 2.15. The van der Waals surface area contributed by atoms with Crippen molar-refractivity contribution in [3.05, 3.63) is 23.9 Å². The Balaban J connectivity index is 2.42. The van der Waals surface area contributed by atoms with Gasteiger partial charge in [-0.2, -0.15) is 0 Å². The second-order valence-electron chi connectivity index (χ2n) is 5.59. The minimum absolute atomic E-state index is 0.173. The molecular weight excluding hydrogens is 226 g/mol. The predicted octanol–water partition coefficient (Wildman–Crippen LogP) is 1.91. The smallest absolute Gasteiger partial charge is 0.217 e. The Hall–Kier alpha value is -1.13. The van der Waals surface area contributed by atoms with Gasteiger partial charge in [0.05, 0.1) is 7.11 Å². The third-order valence-corrected chi connectivity index (χ3v) is 2.63. The summed E-state index contributed by atoms with van der Waals surface area (Å²) in [6, 6.07) is 4.00.